The summed E-state index contributed by atoms with van der Waals surface area (Å²) in [5, 5.41) is 8.76. The van der Waals surface area contributed by atoms with E-state index in [-0.39, 0.29) is 6.61 Å². The van der Waals surface area contributed by atoms with Gasteiger partial charge in [-0.2, -0.15) is 0 Å². The molecule has 0 saturated carbocycles. The summed E-state index contributed by atoms with van der Waals surface area (Å²) >= 11 is 0. The Balaban J connectivity index is 2.30. The van der Waals surface area contributed by atoms with Gasteiger partial charge in [-0.15, -0.1) is 0 Å². The highest BCUT2D eigenvalue weighted by atomic mass is 16.5. The number of hydrogen-bond acceptors (Lipinski definition) is 3. The first-order chi connectivity index (χ1) is 7.18. The van der Waals surface area contributed by atoms with Crippen molar-refractivity contribution in [2.24, 2.45) is 4.99 Å². The second-order valence-corrected chi connectivity index (χ2v) is 3.41. The molecule has 0 amide bonds. The maximum Gasteiger partial charge on any atom is 0.332 e. The fourth-order valence-corrected chi connectivity index (χ4v) is 1.46. The molecule has 0 aliphatic carbocycles. The van der Waals surface area contributed by atoms with Gasteiger partial charge in [-0.1, -0.05) is 18.2 Å². The zero-order chi connectivity index (χ0) is 10.8. The van der Waals surface area contributed by atoms with E-state index in [2.05, 4.69) is 4.99 Å². The molecule has 0 bridgehead atoms. The van der Waals surface area contributed by atoms with Gasteiger partial charge in [-0.25, -0.2) is 9.79 Å². The molecule has 0 fully saturated rings. The van der Waals surface area contributed by atoms with Crippen molar-refractivity contribution < 1.29 is 14.6 Å². The summed E-state index contributed by atoms with van der Waals surface area (Å²) < 4.78 is 5.26. The summed E-state index contributed by atoms with van der Waals surface area (Å²) in [6.45, 7) is 2.06. The number of carboxylic acids is 1. The van der Waals surface area contributed by atoms with Crippen LogP contribution in [0.5, 0.6) is 0 Å². The summed E-state index contributed by atoms with van der Waals surface area (Å²) in [4.78, 5) is 14.7. The molecule has 0 aromatic heterocycles. The number of benzene rings is 1. The highest BCUT2D eigenvalue weighted by Crippen LogP contribution is 2.15. The van der Waals surface area contributed by atoms with E-state index in [0.29, 0.717) is 5.90 Å². The Morgan fingerprint density at radius 2 is 2.27 bits per heavy atom. The topological polar surface area (TPSA) is 58.9 Å². The van der Waals surface area contributed by atoms with Crippen LogP contribution in [0.1, 0.15) is 11.1 Å². The first-order valence-corrected chi connectivity index (χ1v) is 4.68. The van der Waals surface area contributed by atoms with E-state index >= 15 is 0 Å². The standard InChI is InChI=1S/C11H11NO3/c1-7-4-2-3-5-8(7)10-12-9(6-15-10)11(13)14/h2-5,9H,6H2,1H3,(H,13,14). The number of nitrogens with zero attached hydrogens (tertiary/aromatic N) is 1. The zero-order valence-corrected chi connectivity index (χ0v) is 8.30. The van der Waals surface area contributed by atoms with E-state index in [4.69, 9.17) is 9.84 Å². The van der Waals surface area contributed by atoms with Gasteiger partial charge in [0, 0.05) is 5.56 Å². The Labute approximate surface area is 87.2 Å². The number of aliphatic imine (C=N–C) groups is 1. The lowest BCUT2D eigenvalue weighted by atomic mass is 10.1. The lowest BCUT2D eigenvalue weighted by molar-refractivity contribution is -0.138. The van der Waals surface area contributed by atoms with Gasteiger partial charge < -0.3 is 9.84 Å². The number of carbonyl (C=O) groups is 1. The number of aliphatic carboxylic acids is 1. The molecular formula is C11H11NO3. The van der Waals surface area contributed by atoms with Crippen LogP contribution in [0.4, 0.5) is 0 Å². The molecule has 4 nitrogen and oxygen atoms in total. The summed E-state index contributed by atoms with van der Waals surface area (Å²) in [5.74, 6) is -0.515. The molecule has 1 unspecified atom stereocenters. The molecular weight excluding hydrogens is 194 g/mol. The van der Waals surface area contributed by atoms with Crippen LogP contribution >= 0.6 is 0 Å². The van der Waals surface area contributed by atoms with E-state index in [1.807, 2.05) is 31.2 Å². The number of hydrogen-bond donors (Lipinski definition) is 1. The predicted molar refractivity (Wildman–Crippen MR) is 55.1 cm³/mol. The zero-order valence-electron chi connectivity index (χ0n) is 8.30. The molecule has 1 atom stereocenters. The third-order valence-corrected chi connectivity index (χ3v) is 2.31. The quantitative estimate of drug-likeness (QED) is 0.789. The number of rotatable bonds is 2. The van der Waals surface area contributed by atoms with Crippen molar-refractivity contribution in [3.63, 3.8) is 0 Å². The largest absolute Gasteiger partial charge is 0.480 e. The third kappa shape index (κ3) is 1.83. The molecule has 1 aromatic rings. The van der Waals surface area contributed by atoms with Crippen LogP contribution in [0.25, 0.3) is 0 Å². The van der Waals surface area contributed by atoms with Crippen molar-refractivity contribution in [2.75, 3.05) is 6.61 Å². The van der Waals surface area contributed by atoms with E-state index < -0.39 is 12.0 Å². The summed E-state index contributed by atoms with van der Waals surface area (Å²) in [6, 6.07) is 6.85. The fraction of sp³-hybridized carbons (Fsp3) is 0.273. The van der Waals surface area contributed by atoms with Gasteiger partial charge in [0.15, 0.2) is 6.04 Å². The Hall–Kier alpha value is -1.84. The molecule has 1 heterocycles. The van der Waals surface area contributed by atoms with Crippen molar-refractivity contribution in [2.45, 2.75) is 13.0 Å². The van der Waals surface area contributed by atoms with Crippen LogP contribution in [0.15, 0.2) is 29.3 Å². The minimum absolute atomic E-state index is 0.124. The van der Waals surface area contributed by atoms with E-state index in [1.165, 1.54) is 0 Å². The normalized spacial score (nSPS) is 19.5. The average Bonchev–Trinajstić information content (AvgIpc) is 2.67. The summed E-state index contributed by atoms with van der Waals surface area (Å²) in [6.07, 6.45) is 0. The maximum atomic E-state index is 10.7. The molecule has 2 rings (SSSR count). The van der Waals surface area contributed by atoms with Gasteiger partial charge in [-0.05, 0) is 18.6 Å². The van der Waals surface area contributed by atoms with Gasteiger partial charge in [-0.3, -0.25) is 0 Å². The lowest BCUT2D eigenvalue weighted by Crippen LogP contribution is -2.18. The molecule has 1 aromatic carbocycles. The molecule has 4 heteroatoms. The summed E-state index contributed by atoms with van der Waals surface area (Å²) in [5.41, 5.74) is 1.89. The van der Waals surface area contributed by atoms with Crippen LogP contribution in [-0.4, -0.2) is 29.6 Å². The van der Waals surface area contributed by atoms with Gasteiger partial charge in [0.25, 0.3) is 0 Å². The van der Waals surface area contributed by atoms with E-state index in [9.17, 15) is 4.79 Å². The third-order valence-electron chi connectivity index (χ3n) is 2.31. The lowest BCUT2D eigenvalue weighted by Gasteiger charge is -2.03. The number of aryl methyl sites for hydroxylation is 1. The highest BCUT2D eigenvalue weighted by Gasteiger charge is 2.26. The molecule has 0 spiro atoms. The Morgan fingerprint density at radius 1 is 1.53 bits per heavy atom. The molecule has 0 saturated heterocycles. The number of ether oxygens (including phenoxy) is 1. The monoisotopic (exact) mass is 205 g/mol. The second kappa shape index (κ2) is 3.73. The maximum absolute atomic E-state index is 10.7. The van der Waals surface area contributed by atoms with Crippen molar-refractivity contribution in [1.82, 2.24) is 0 Å². The van der Waals surface area contributed by atoms with Crippen LogP contribution in [0.2, 0.25) is 0 Å². The Kier molecular flexibility index (Phi) is 2.41. The van der Waals surface area contributed by atoms with Crippen molar-refractivity contribution in [3.8, 4) is 0 Å². The average molecular weight is 205 g/mol. The van der Waals surface area contributed by atoms with Crippen LogP contribution in [-0.2, 0) is 9.53 Å². The van der Waals surface area contributed by atoms with Gasteiger partial charge >= 0.3 is 5.97 Å². The minimum atomic E-state index is -0.946. The highest BCUT2D eigenvalue weighted by molar-refractivity contribution is 5.98. The fourth-order valence-electron chi connectivity index (χ4n) is 1.46. The van der Waals surface area contributed by atoms with Crippen molar-refractivity contribution in [3.05, 3.63) is 35.4 Å². The summed E-state index contributed by atoms with van der Waals surface area (Å²) in [7, 11) is 0. The second-order valence-electron chi connectivity index (χ2n) is 3.41. The van der Waals surface area contributed by atoms with Gasteiger partial charge in [0.2, 0.25) is 5.90 Å². The van der Waals surface area contributed by atoms with Crippen molar-refractivity contribution >= 4 is 11.9 Å². The smallest absolute Gasteiger partial charge is 0.332 e. The van der Waals surface area contributed by atoms with Gasteiger partial charge in [0.05, 0.1) is 0 Å². The first kappa shape index (κ1) is 9.71. The Bertz CT molecular complexity index is 426. The van der Waals surface area contributed by atoms with E-state index in [0.717, 1.165) is 11.1 Å². The molecule has 1 aliphatic heterocycles. The Morgan fingerprint density at radius 3 is 2.87 bits per heavy atom. The molecule has 0 radical (unpaired) electrons. The molecule has 78 valence electrons. The van der Waals surface area contributed by atoms with Crippen LogP contribution < -0.4 is 0 Å². The SMILES string of the molecule is Cc1ccccc1C1=NC(C(=O)O)CO1. The van der Waals surface area contributed by atoms with Crippen LogP contribution in [0, 0.1) is 6.92 Å². The molecule has 15 heavy (non-hydrogen) atoms. The first-order valence-electron chi connectivity index (χ1n) is 4.68. The molecule has 1 N–H and O–H groups in total. The van der Waals surface area contributed by atoms with Gasteiger partial charge in [0.1, 0.15) is 6.61 Å². The number of carboxylic acid groups (broad SMARTS) is 1. The van der Waals surface area contributed by atoms with Crippen molar-refractivity contribution in [1.29, 1.82) is 0 Å². The predicted octanol–water partition coefficient (Wildman–Crippen LogP) is 1.23. The minimum Gasteiger partial charge on any atom is -0.480 e. The molecule has 1 aliphatic rings. The van der Waals surface area contributed by atoms with Crippen LogP contribution in [0.3, 0.4) is 0 Å². The van der Waals surface area contributed by atoms with E-state index in [1.54, 1.807) is 0 Å².